The van der Waals surface area contributed by atoms with E-state index in [4.69, 9.17) is 16.5 Å². The van der Waals surface area contributed by atoms with Crippen molar-refractivity contribution in [2.75, 3.05) is 19.6 Å². The highest BCUT2D eigenvalue weighted by molar-refractivity contribution is 6.14. The lowest BCUT2D eigenvalue weighted by molar-refractivity contribution is -0.106. The monoisotopic (exact) mass is 274 g/mol. The summed E-state index contributed by atoms with van der Waals surface area (Å²) in [6.45, 7) is 14.0. The third-order valence-electron chi connectivity index (χ3n) is 3.73. The summed E-state index contributed by atoms with van der Waals surface area (Å²) in [5.41, 5.74) is -0.573. The van der Waals surface area contributed by atoms with Crippen LogP contribution in [-0.2, 0) is 4.74 Å². The number of halogens is 1. The fourth-order valence-corrected chi connectivity index (χ4v) is 2.58. The quantitative estimate of drug-likeness (QED) is 0.688. The van der Waals surface area contributed by atoms with E-state index in [1.165, 1.54) is 0 Å². The molecule has 1 rings (SSSR count). The standard InChI is InChI=1S/C14H27ClN2O/c1-6-16(7-2)11-8-9-14(5)17(15)13(3,4)10-12-18-14/h10,12H,6-9,11H2,1-5H3. The van der Waals surface area contributed by atoms with Crippen molar-refractivity contribution in [1.29, 1.82) is 0 Å². The van der Waals surface area contributed by atoms with E-state index in [9.17, 15) is 0 Å². The molecule has 0 saturated heterocycles. The molecule has 0 saturated carbocycles. The summed E-state index contributed by atoms with van der Waals surface area (Å²) in [5.74, 6) is 0. The highest BCUT2D eigenvalue weighted by atomic mass is 35.5. The van der Waals surface area contributed by atoms with Crippen LogP contribution in [0.5, 0.6) is 0 Å². The molecule has 0 aliphatic carbocycles. The molecule has 1 unspecified atom stereocenters. The van der Waals surface area contributed by atoms with Crippen LogP contribution in [0.4, 0.5) is 0 Å². The Hall–Kier alpha value is -0.250. The molecule has 18 heavy (non-hydrogen) atoms. The van der Waals surface area contributed by atoms with Gasteiger partial charge in [0.25, 0.3) is 0 Å². The van der Waals surface area contributed by atoms with Crippen LogP contribution in [0, 0.1) is 0 Å². The van der Waals surface area contributed by atoms with E-state index in [2.05, 4.69) is 39.5 Å². The minimum atomic E-state index is -0.410. The lowest BCUT2D eigenvalue weighted by atomic mass is 9.98. The van der Waals surface area contributed by atoms with Gasteiger partial charge in [0.1, 0.15) is 0 Å². The third-order valence-corrected chi connectivity index (χ3v) is 4.52. The largest absolute Gasteiger partial charge is 0.480 e. The maximum absolute atomic E-state index is 6.44. The van der Waals surface area contributed by atoms with E-state index in [-0.39, 0.29) is 5.54 Å². The Morgan fingerprint density at radius 2 is 1.83 bits per heavy atom. The van der Waals surface area contributed by atoms with Gasteiger partial charge in [-0.2, -0.15) is 4.42 Å². The smallest absolute Gasteiger partial charge is 0.173 e. The summed E-state index contributed by atoms with van der Waals surface area (Å²) in [7, 11) is 0. The molecule has 1 atom stereocenters. The lowest BCUT2D eigenvalue weighted by Gasteiger charge is -2.46. The van der Waals surface area contributed by atoms with Gasteiger partial charge in [0.05, 0.1) is 11.8 Å². The molecule has 0 radical (unpaired) electrons. The van der Waals surface area contributed by atoms with Crippen molar-refractivity contribution >= 4 is 11.8 Å². The van der Waals surface area contributed by atoms with Crippen molar-refractivity contribution in [3.63, 3.8) is 0 Å². The molecule has 0 fully saturated rings. The number of hydrogen-bond donors (Lipinski definition) is 0. The summed E-state index contributed by atoms with van der Waals surface area (Å²) in [6, 6.07) is 0. The summed E-state index contributed by atoms with van der Waals surface area (Å²) >= 11 is 6.44. The molecule has 0 N–H and O–H groups in total. The second kappa shape index (κ2) is 6.27. The molecule has 0 bridgehead atoms. The summed E-state index contributed by atoms with van der Waals surface area (Å²) in [5, 5.41) is 0. The molecular weight excluding hydrogens is 248 g/mol. The minimum Gasteiger partial charge on any atom is -0.480 e. The molecule has 1 aliphatic heterocycles. The van der Waals surface area contributed by atoms with Crippen molar-refractivity contribution in [1.82, 2.24) is 9.32 Å². The molecule has 0 aromatic carbocycles. The fourth-order valence-electron chi connectivity index (χ4n) is 2.40. The van der Waals surface area contributed by atoms with Crippen LogP contribution in [0.1, 0.15) is 47.5 Å². The maximum atomic E-state index is 6.44. The van der Waals surface area contributed by atoms with Gasteiger partial charge in [-0.25, -0.2) is 0 Å². The Morgan fingerprint density at radius 1 is 1.22 bits per heavy atom. The number of rotatable bonds is 6. The van der Waals surface area contributed by atoms with Crippen LogP contribution in [0.15, 0.2) is 12.3 Å². The second-order valence-electron chi connectivity index (χ2n) is 5.66. The molecule has 106 valence electrons. The average molecular weight is 275 g/mol. The molecule has 1 aliphatic rings. The van der Waals surface area contributed by atoms with Crippen LogP contribution >= 0.6 is 11.8 Å². The number of nitrogens with zero attached hydrogens (tertiary/aromatic N) is 2. The topological polar surface area (TPSA) is 15.7 Å². The van der Waals surface area contributed by atoms with Gasteiger partial charge in [-0.1, -0.05) is 13.8 Å². The molecule has 0 aromatic heterocycles. The van der Waals surface area contributed by atoms with E-state index in [0.717, 1.165) is 32.5 Å². The van der Waals surface area contributed by atoms with Crippen molar-refractivity contribution < 1.29 is 4.74 Å². The molecule has 0 spiro atoms. The zero-order chi connectivity index (χ0) is 13.8. The highest BCUT2D eigenvalue weighted by Crippen LogP contribution is 2.36. The van der Waals surface area contributed by atoms with Gasteiger partial charge in [0.15, 0.2) is 5.72 Å². The molecule has 3 nitrogen and oxygen atoms in total. The molecule has 0 aromatic rings. The predicted octanol–water partition coefficient (Wildman–Crippen LogP) is 3.60. The van der Waals surface area contributed by atoms with E-state index in [1.54, 1.807) is 6.26 Å². The van der Waals surface area contributed by atoms with Gasteiger partial charge in [-0.05, 0) is 64.7 Å². The first-order valence-electron chi connectivity index (χ1n) is 6.89. The number of ether oxygens (including phenoxy) is 1. The maximum Gasteiger partial charge on any atom is 0.173 e. The van der Waals surface area contributed by atoms with Crippen LogP contribution in [0.3, 0.4) is 0 Å². The summed E-state index contributed by atoms with van der Waals surface area (Å²) in [4.78, 5) is 2.42. The fraction of sp³-hybridized carbons (Fsp3) is 0.857. The molecular formula is C14H27ClN2O. The Kier molecular flexibility index (Phi) is 5.50. The van der Waals surface area contributed by atoms with Gasteiger partial charge < -0.3 is 9.64 Å². The molecule has 0 amide bonds. The first kappa shape index (κ1) is 15.8. The normalized spacial score (nSPS) is 27.5. The van der Waals surface area contributed by atoms with E-state index in [1.807, 2.05) is 10.5 Å². The summed E-state index contributed by atoms with van der Waals surface area (Å²) < 4.78 is 7.57. The lowest BCUT2D eigenvalue weighted by Crippen LogP contribution is -2.54. The van der Waals surface area contributed by atoms with Crippen LogP contribution < -0.4 is 0 Å². The van der Waals surface area contributed by atoms with E-state index < -0.39 is 5.72 Å². The van der Waals surface area contributed by atoms with Crippen LogP contribution in [-0.4, -0.2) is 40.2 Å². The second-order valence-corrected chi connectivity index (χ2v) is 6.00. The van der Waals surface area contributed by atoms with E-state index in [0.29, 0.717) is 0 Å². The third kappa shape index (κ3) is 3.62. The Balaban J connectivity index is 2.53. The first-order chi connectivity index (χ1) is 8.35. The van der Waals surface area contributed by atoms with Crippen LogP contribution in [0.2, 0.25) is 0 Å². The van der Waals surface area contributed by atoms with Gasteiger partial charge in [-0.3, -0.25) is 0 Å². The van der Waals surface area contributed by atoms with Gasteiger partial charge in [0, 0.05) is 6.42 Å². The summed E-state index contributed by atoms with van der Waals surface area (Å²) in [6.07, 6.45) is 5.80. The van der Waals surface area contributed by atoms with Crippen LogP contribution in [0.25, 0.3) is 0 Å². The van der Waals surface area contributed by atoms with Crippen molar-refractivity contribution in [2.24, 2.45) is 0 Å². The van der Waals surface area contributed by atoms with E-state index >= 15 is 0 Å². The SMILES string of the molecule is CCN(CC)CCCC1(C)OC=CC(C)(C)N1Cl. The van der Waals surface area contributed by atoms with Gasteiger partial charge in [-0.15, -0.1) is 0 Å². The number of hydrogen-bond acceptors (Lipinski definition) is 3. The Bertz CT molecular complexity index is 290. The molecule has 4 heteroatoms. The molecule has 1 heterocycles. The van der Waals surface area contributed by atoms with Crippen molar-refractivity contribution in [2.45, 2.75) is 58.7 Å². The average Bonchev–Trinajstić information content (AvgIpc) is 2.32. The van der Waals surface area contributed by atoms with Crippen molar-refractivity contribution in [3.05, 3.63) is 12.3 Å². The Morgan fingerprint density at radius 3 is 2.39 bits per heavy atom. The predicted molar refractivity (Wildman–Crippen MR) is 77.4 cm³/mol. The first-order valence-corrected chi connectivity index (χ1v) is 7.23. The highest BCUT2D eigenvalue weighted by Gasteiger charge is 2.42. The van der Waals surface area contributed by atoms with Gasteiger partial charge >= 0.3 is 0 Å². The Labute approximate surface area is 117 Å². The zero-order valence-corrected chi connectivity index (χ0v) is 13.1. The van der Waals surface area contributed by atoms with Gasteiger partial charge in [0.2, 0.25) is 0 Å². The zero-order valence-electron chi connectivity index (χ0n) is 12.4. The minimum absolute atomic E-state index is 0.163. The van der Waals surface area contributed by atoms with Crippen molar-refractivity contribution in [3.8, 4) is 0 Å².